The van der Waals surface area contributed by atoms with Gasteiger partial charge in [-0.2, -0.15) is 0 Å². The van der Waals surface area contributed by atoms with E-state index >= 15 is 0 Å². The second-order valence-electron chi connectivity index (χ2n) is 3.84. The summed E-state index contributed by atoms with van der Waals surface area (Å²) in [6.07, 6.45) is 0. The average Bonchev–Trinajstić information content (AvgIpc) is 2.21. The quantitative estimate of drug-likeness (QED) is 0.625. The maximum absolute atomic E-state index is 11.4. The van der Waals surface area contributed by atoms with E-state index in [1.54, 1.807) is 13.0 Å². The molecule has 0 aromatic heterocycles. The Hall–Kier alpha value is -1.97. The average molecular weight is 236 g/mol. The molecule has 0 heterocycles. The third-order valence-electron chi connectivity index (χ3n) is 2.56. The molecule has 0 unspecified atom stereocenters. The zero-order chi connectivity index (χ0) is 13.2. The zero-order valence-electron chi connectivity index (χ0n) is 10.4. The molecular weight excluding hydrogens is 220 g/mol. The fraction of sp³-hybridized carbons (Fsp3) is 0.308. The van der Waals surface area contributed by atoms with E-state index in [4.69, 9.17) is 4.74 Å². The van der Waals surface area contributed by atoms with Gasteiger partial charge in [-0.05, 0) is 38.5 Å². The van der Waals surface area contributed by atoms with Crippen LogP contribution in [0.5, 0.6) is 11.5 Å². The van der Waals surface area contributed by atoms with Crippen molar-refractivity contribution in [2.45, 2.75) is 20.8 Å². The lowest BCUT2D eigenvalue weighted by molar-refractivity contribution is -0.111. The van der Waals surface area contributed by atoms with Gasteiger partial charge in [0.1, 0.15) is 17.3 Å². The number of methoxy groups -OCH3 is 1. The zero-order valence-corrected chi connectivity index (χ0v) is 10.4. The Morgan fingerprint density at radius 1 is 1.29 bits per heavy atom. The molecule has 0 fully saturated rings. The van der Waals surface area contributed by atoms with Crippen molar-refractivity contribution >= 4 is 11.4 Å². The van der Waals surface area contributed by atoms with Gasteiger partial charge in [0, 0.05) is 5.56 Å². The summed E-state index contributed by atoms with van der Waals surface area (Å²) >= 11 is 0. The molecule has 0 atom stereocenters. The van der Waals surface area contributed by atoms with Crippen molar-refractivity contribution < 1.29 is 19.7 Å². The number of phenolic OH excluding ortho intramolecular Hbond substituents is 1. The summed E-state index contributed by atoms with van der Waals surface area (Å²) in [5.41, 5.74) is 1.21. The summed E-state index contributed by atoms with van der Waals surface area (Å²) in [5, 5.41) is 19.2. The highest BCUT2D eigenvalue weighted by molar-refractivity contribution is 6.20. The van der Waals surface area contributed by atoms with Crippen LogP contribution in [0.25, 0.3) is 5.57 Å². The molecule has 0 aliphatic heterocycles. The third-order valence-corrected chi connectivity index (χ3v) is 2.56. The van der Waals surface area contributed by atoms with Gasteiger partial charge >= 0.3 is 0 Å². The summed E-state index contributed by atoms with van der Waals surface area (Å²) in [6.45, 7) is 4.50. The van der Waals surface area contributed by atoms with Crippen molar-refractivity contribution in [3.63, 3.8) is 0 Å². The normalized spacial score (nSPS) is 12.0. The predicted molar refractivity (Wildman–Crippen MR) is 65.3 cm³/mol. The smallest absolute Gasteiger partial charge is 0.163 e. The van der Waals surface area contributed by atoms with Gasteiger partial charge in [0.05, 0.1) is 12.7 Å². The third kappa shape index (κ3) is 2.58. The van der Waals surface area contributed by atoms with Crippen molar-refractivity contribution in [1.29, 1.82) is 0 Å². The first-order valence-electron chi connectivity index (χ1n) is 5.17. The number of carbonyl (C=O) groups excluding carboxylic acids is 1. The SMILES string of the molecule is COc1cc(/C(C(C)=O)=C(/C)O)cc(O)c1C. The lowest BCUT2D eigenvalue weighted by Crippen LogP contribution is -2.00. The molecule has 1 rings (SSSR count). The van der Waals surface area contributed by atoms with Crippen LogP contribution in [0, 0.1) is 6.92 Å². The lowest BCUT2D eigenvalue weighted by atomic mass is 9.99. The van der Waals surface area contributed by atoms with Crippen molar-refractivity contribution in [3.8, 4) is 11.5 Å². The monoisotopic (exact) mass is 236 g/mol. The Labute approximate surface area is 100 Å². The van der Waals surface area contributed by atoms with Crippen molar-refractivity contribution in [2.24, 2.45) is 0 Å². The number of ether oxygens (including phenoxy) is 1. The minimum atomic E-state index is -0.268. The van der Waals surface area contributed by atoms with E-state index in [0.29, 0.717) is 16.9 Å². The number of phenols is 1. The van der Waals surface area contributed by atoms with E-state index < -0.39 is 0 Å². The molecule has 2 N–H and O–H groups in total. The van der Waals surface area contributed by atoms with Gasteiger partial charge in [0.15, 0.2) is 5.78 Å². The van der Waals surface area contributed by atoms with Crippen LogP contribution in [-0.4, -0.2) is 23.1 Å². The van der Waals surface area contributed by atoms with Crippen LogP contribution in [0.3, 0.4) is 0 Å². The van der Waals surface area contributed by atoms with E-state index in [1.807, 2.05) is 0 Å². The molecule has 0 aliphatic rings. The van der Waals surface area contributed by atoms with Crippen LogP contribution in [0.2, 0.25) is 0 Å². The summed E-state index contributed by atoms with van der Waals surface area (Å²) in [4.78, 5) is 11.4. The molecule has 0 radical (unpaired) electrons. The second-order valence-corrected chi connectivity index (χ2v) is 3.84. The topological polar surface area (TPSA) is 66.8 Å². The summed E-state index contributed by atoms with van der Waals surface area (Å²) in [5.74, 6) is 0.150. The molecule has 4 heteroatoms. The van der Waals surface area contributed by atoms with Gasteiger partial charge in [-0.1, -0.05) is 0 Å². The molecule has 0 aliphatic carbocycles. The minimum absolute atomic E-state index is 0.0272. The summed E-state index contributed by atoms with van der Waals surface area (Å²) in [6, 6.07) is 3.06. The first-order chi connectivity index (χ1) is 7.88. The molecule has 1 aromatic rings. The number of aliphatic hydroxyl groups excluding tert-OH is 1. The van der Waals surface area contributed by atoms with Gasteiger partial charge in [0.2, 0.25) is 0 Å². The number of aliphatic hydroxyl groups is 1. The molecule has 0 bridgehead atoms. The van der Waals surface area contributed by atoms with Crippen molar-refractivity contribution in [3.05, 3.63) is 29.0 Å². The maximum atomic E-state index is 11.4. The molecule has 92 valence electrons. The lowest BCUT2D eigenvalue weighted by Gasteiger charge is -2.11. The fourth-order valence-electron chi connectivity index (χ4n) is 1.70. The maximum Gasteiger partial charge on any atom is 0.163 e. The van der Waals surface area contributed by atoms with Crippen LogP contribution in [0.1, 0.15) is 25.0 Å². The van der Waals surface area contributed by atoms with Crippen LogP contribution in [0.15, 0.2) is 17.9 Å². The van der Waals surface area contributed by atoms with Gasteiger partial charge < -0.3 is 14.9 Å². The number of hydrogen-bond donors (Lipinski definition) is 2. The highest BCUT2D eigenvalue weighted by Crippen LogP contribution is 2.32. The Morgan fingerprint density at radius 2 is 1.88 bits per heavy atom. The summed E-state index contributed by atoms with van der Waals surface area (Å²) < 4.78 is 5.10. The van der Waals surface area contributed by atoms with Gasteiger partial charge in [0.25, 0.3) is 0 Å². The number of benzene rings is 1. The highest BCUT2D eigenvalue weighted by atomic mass is 16.5. The van der Waals surface area contributed by atoms with Gasteiger partial charge in [-0.15, -0.1) is 0 Å². The van der Waals surface area contributed by atoms with E-state index in [-0.39, 0.29) is 22.9 Å². The molecule has 4 nitrogen and oxygen atoms in total. The van der Waals surface area contributed by atoms with Gasteiger partial charge in [-0.25, -0.2) is 0 Å². The summed E-state index contributed by atoms with van der Waals surface area (Å²) in [7, 11) is 1.48. The number of hydrogen-bond acceptors (Lipinski definition) is 4. The van der Waals surface area contributed by atoms with Gasteiger partial charge in [-0.3, -0.25) is 4.79 Å². The van der Waals surface area contributed by atoms with Crippen LogP contribution < -0.4 is 4.74 Å². The Morgan fingerprint density at radius 3 is 2.29 bits per heavy atom. The first-order valence-corrected chi connectivity index (χ1v) is 5.17. The molecule has 0 amide bonds. The van der Waals surface area contributed by atoms with E-state index in [9.17, 15) is 15.0 Å². The predicted octanol–water partition coefficient (Wildman–Crippen LogP) is 2.59. The second kappa shape index (κ2) is 4.91. The number of aromatic hydroxyl groups is 1. The number of carbonyl (C=O) groups is 1. The van der Waals surface area contributed by atoms with Crippen LogP contribution in [-0.2, 0) is 4.79 Å². The molecule has 0 spiro atoms. The number of Topliss-reactive ketones (excluding diaryl/α,β-unsaturated/α-hetero) is 1. The number of allylic oxidation sites excluding steroid dienone is 2. The molecule has 0 saturated heterocycles. The van der Waals surface area contributed by atoms with Crippen LogP contribution in [0.4, 0.5) is 0 Å². The van der Waals surface area contributed by atoms with Crippen molar-refractivity contribution in [1.82, 2.24) is 0 Å². The standard InChI is InChI=1S/C13H16O4/c1-7-11(16)5-10(6-12(7)17-4)13(8(2)14)9(3)15/h5-6,14,16H,1-4H3/b13-8-. The molecule has 17 heavy (non-hydrogen) atoms. The highest BCUT2D eigenvalue weighted by Gasteiger charge is 2.15. The molecule has 0 saturated carbocycles. The van der Waals surface area contributed by atoms with Crippen LogP contribution >= 0.6 is 0 Å². The molecule has 1 aromatic carbocycles. The van der Waals surface area contributed by atoms with E-state index in [0.717, 1.165) is 0 Å². The fourth-order valence-corrected chi connectivity index (χ4v) is 1.70. The van der Waals surface area contributed by atoms with E-state index in [1.165, 1.54) is 27.0 Å². The van der Waals surface area contributed by atoms with Crippen molar-refractivity contribution in [2.75, 3.05) is 7.11 Å². The Balaban J connectivity index is 3.47. The van der Waals surface area contributed by atoms with E-state index in [2.05, 4.69) is 0 Å². The Kier molecular flexibility index (Phi) is 3.78. The number of rotatable bonds is 3. The first kappa shape index (κ1) is 13.1. The molecular formula is C13H16O4. The minimum Gasteiger partial charge on any atom is -0.512 e. The largest absolute Gasteiger partial charge is 0.512 e. The Bertz CT molecular complexity index is 482. The number of ketones is 1.